The largest absolute Gasteiger partial charge is 0.390 e. The van der Waals surface area contributed by atoms with Crippen molar-refractivity contribution in [3.8, 4) is 0 Å². The van der Waals surface area contributed by atoms with E-state index in [1.54, 1.807) is 0 Å². The lowest BCUT2D eigenvalue weighted by Crippen LogP contribution is -2.58. The van der Waals surface area contributed by atoms with Crippen LogP contribution >= 0.6 is 0 Å². The minimum Gasteiger partial charge on any atom is -0.390 e. The van der Waals surface area contributed by atoms with Crippen LogP contribution in [0, 0.1) is 0 Å². The number of aliphatic hydroxyl groups excluding tert-OH is 1. The number of aliphatic hydroxyl groups is 1. The quantitative estimate of drug-likeness (QED) is 0.373. The first-order valence-electron chi connectivity index (χ1n) is 4.96. The van der Waals surface area contributed by atoms with Crippen LogP contribution in [0.4, 0.5) is 0 Å². The summed E-state index contributed by atoms with van der Waals surface area (Å²) in [5, 5.41) is 9.60. The van der Waals surface area contributed by atoms with E-state index >= 15 is 0 Å². The SMILES string of the molecule is CC(O)C(CCCC=O)(N(C)C)S(=O)(=O)O. The summed E-state index contributed by atoms with van der Waals surface area (Å²) >= 11 is 0. The molecule has 0 aliphatic carbocycles. The Bertz CT molecular complexity index is 315. The van der Waals surface area contributed by atoms with Crippen LogP contribution in [0.1, 0.15) is 26.2 Å². The predicted molar refractivity (Wildman–Crippen MR) is 59.6 cm³/mol. The zero-order chi connectivity index (χ0) is 13.0. The molecule has 0 saturated heterocycles. The topological polar surface area (TPSA) is 94.9 Å². The Morgan fingerprint density at radius 3 is 2.19 bits per heavy atom. The molecule has 0 aliphatic rings. The highest BCUT2D eigenvalue weighted by molar-refractivity contribution is 7.87. The standard InChI is InChI=1S/C9H19NO5S/c1-8(12)9(10(2)3,16(13,14)15)6-4-5-7-11/h7-8,12H,4-6H2,1-3H3,(H,13,14,15). The molecule has 0 fully saturated rings. The van der Waals surface area contributed by atoms with E-state index in [-0.39, 0.29) is 19.3 Å². The van der Waals surface area contributed by atoms with Crippen molar-refractivity contribution in [1.82, 2.24) is 4.90 Å². The van der Waals surface area contributed by atoms with E-state index in [9.17, 15) is 22.9 Å². The molecule has 0 spiro atoms. The van der Waals surface area contributed by atoms with Gasteiger partial charge in [0, 0.05) is 6.42 Å². The minimum absolute atomic E-state index is 0.00472. The first kappa shape index (κ1) is 15.5. The number of unbranched alkanes of at least 4 members (excludes halogenated alkanes) is 1. The van der Waals surface area contributed by atoms with E-state index in [1.807, 2.05) is 0 Å². The third-order valence-corrected chi connectivity index (χ3v) is 4.52. The first-order valence-corrected chi connectivity index (χ1v) is 6.40. The van der Waals surface area contributed by atoms with Crippen molar-refractivity contribution in [2.24, 2.45) is 0 Å². The molecule has 0 rings (SSSR count). The Morgan fingerprint density at radius 2 is 1.94 bits per heavy atom. The van der Waals surface area contributed by atoms with Crippen molar-refractivity contribution in [2.75, 3.05) is 14.1 Å². The maximum absolute atomic E-state index is 11.4. The van der Waals surface area contributed by atoms with Gasteiger partial charge in [-0.3, -0.25) is 9.45 Å². The molecule has 7 heteroatoms. The van der Waals surface area contributed by atoms with Gasteiger partial charge in [-0.2, -0.15) is 8.42 Å². The van der Waals surface area contributed by atoms with Gasteiger partial charge in [-0.1, -0.05) is 0 Å². The van der Waals surface area contributed by atoms with Gasteiger partial charge in [-0.15, -0.1) is 0 Å². The normalized spacial score (nSPS) is 18.1. The number of likely N-dealkylation sites (N-methyl/N-ethyl adjacent to an activating group) is 1. The van der Waals surface area contributed by atoms with Crippen LogP contribution in [0.5, 0.6) is 0 Å². The summed E-state index contributed by atoms with van der Waals surface area (Å²) in [6.45, 7) is 1.30. The van der Waals surface area contributed by atoms with Crippen molar-refractivity contribution in [2.45, 2.75) is 37.2 Å². The summed E-state index contributed by atoms with van der Waals surface area (Å²) in [4.78, 5) is 9.70. The van der Waals surface area contributed by atoms with Crippen molar-refractivity contribution >= 4 is 16.4 Å². The average Bonchev–Trinajstić information content (AvgIpc) is 2.08. The lowest BCUT2D eigenvalue weighted by molar-refractivity contribution is -0.108. The van der Waals surface area contributed by atoms with Crippen molar-refractivity contribution in [3.63, 3.8) is 0 Å². The summed E-state index contributed by atoms with van der Waals surface area (Å²) in [7, 11) is -1.53. The van der Waals surface area contributed by atoms with E-state index in [4.69, 9.17) is 0 Å². The molecule has 96 valence electrons. The van der Waals surface area contributed by atoms with Gasteiger partial charge in [0.25, 0.3) is 10.1 Å². The van der Waals surface area contributed by atoms with Crippen LogP contribution < -0.4 is 0 Å². The van der Waals surface area contributed by atoms with E-state index in [2.05, 4.69) is 0 Å². The molecule has 0 aromatic rings. The maximum atomic E-state index is 11.4. The third-order valence-electron chi connectivity index (χ3n) is 2.71. The second-order valence-electron chi connectivity index (χ2n) is 3.95. The number of aldehydes is 1. The molecule has 0 amide bonds. The van der Waals surface area contributed by atoms with Crippen LogP contribution in [0.2, 0.25) is 0 Å². The van der Waals surface area contributed by atoms with E-state index in [0.717, 1.165) is 0 Å². The van der Waals surface area contributed by atoms with Crippen LogP contribution in [0.3, 0.4) is 0 Å². The predicted octanol–water partition coefficient (Wildman–Crippen LogP) is -0.118. The summed E-state index contributed by atoms with van der Waals surface area (Å²) in [5.74, 6) is 0. The van der Waals surface area contributed by atoms with Crippen LogP contribution in [0.25, 0.3) is 0 Å². The molecule has 2 atom stereocenters. The third kappa shape index (κ3) is 3.00. The molecular weight excluding hydrogens is 234 g/mol. The molecule has 0 aliphatic heterocycles. The Labute approximate surface area is 96.0 Å². The zero-order valence-electron chi connectivity index (χ0n) is 9.75. The van der Waals surface area contributed by atoms with Crippen LogP contribution in [-0.4, -0.2) is 54.3 Å². The lowest BCUT2D eigenvalue weighted by atomic mass is 10.0. The smallest absolute Gasteiger partial charge is 0.286 e. The highest BCUT2D eigenvalue weighted by atomic mass is 32.2. The number of nitrogens with zero attached hydrogens (tertiary/aromatic N) is 1. The molecule has 2 unspecified atom stereocenters. The Hall–Kier alpha value is -0.500. The van der Waals surface area contributed by atoms with Gasteiger partial charge < -0.3 is 9.90 Å². The number of carbonyl (C=O) groups excluding carboxylic acids is 1. The van der Waals surface area contributed by atoms with E-state index < -0.39 is 21.1 Å². The fourth-order valence-electron chi connectivity index (χ4n) is 1.82. The van der Waals surface area contributed by atoms with Gasteiger partial charge in [0.05, 0.1) is 6.10 Å². The fourth-order valence-corrected chi connectivity index (χ4v) is 3.11. The fraction of sp³-hybridized carbons (Fsp3) is 0.889. The average molecular weight is 253 g/mol. The van der Waals surface area contributed by atoms with Crippen molar-refractivity contribution in [1.29, 1.82) is 0 Å². The number of hydrogen-bond donors (Lipinski definition) is 2. The van der Waals surface area contributed by atoms with Gasteiger partial charge in [-0.25, -0.2) is 0 Å². The number of carbonyl (C=O) groups is 1. The number of hydrogen-bond acceptors (Lipinski definition) is 5. The molecular formula is C9H19NO5S. The summed E-state index contributed by atoms with van der Waals surface area (Å²) in [5.41, 5.74) is 0. The maximum Gasteiger partial charge on any atom is 0.286 e. The summed E-state index contributed by atoms with van der Waals surface area (Å²) < 4.78 is 32.0. The van der Waals surface area contributed by atoms with Crippen molar-refractivity contribution in [3.05, 3.63) is 0 Å². The molecule has 0 aromatic heterocycles. The van der Waals surface area contributed by atoms with Gasteiger partial charge in [0.15, 0.2) is 4.87 Å². The highest BCUT2D eigenvalue weighted by Crippen LogP contribution is 2.29. The molecule has 0 bridgehead atoms. The number of rotatable bonds is 7. The zero-order valence-corrected chi connectivity index (χ0v) is 10.6. The Morgan fingerprint density at radius 1 is 1.44 bits per heavy atom. The highest BCUT2D eigenvalue weighted by Gasteiger charge is 2.48. The Balaban J connectivity index is 5.21. The second kappa shape index (κ2) is 5.72. The lowest BCUT2D eigenvalue weighted by Gasteiger charge is -2.39. The van der Waals surface area contributed by atoms with Gasteiger partial charge in [0.2, 0.25) is 0 Å². The first-order chi connectivity index (χ1) is 7.20. The van der Waals surface area contributed by atoms with Gasteiger partial charge >= 0.3 is 0 Å². The molecule has 0 aromatic carbocycles. The van der Waals surface area contributed by atoms with Crippen LogP contribution in [0.15, 0.2) is 0 Å². The second-order valence-corrected chi connectivity index (χ2v) is 5.61. The molecule has 6 nitrogen and oxygen atoms in total. The molecule has 2 N–H and O–H groups in total. The molecule has 0 radical (unpaired) electrons. The summed E-state index contributed by atoms with van der Waals surface area (Å²) in [6, 6.07) is 0. The van der Waals surface area contributed by atoms with E-state index in [1.165, 1.54) is 25.9 Å². The minimum atomic E-state index is -4.45. The molecule has 0 saturated carbocycles. The van der Waals surface area contributed by atoms with Crippen LogP contribution in [-0.2, 0) is 14.9 Å². The van der Waals surface area contributed by atoms with Crippen molar-refractivity contribution < 1.29 is 22.9 Å². The van der Waals surface area contributed by atoms with Gasteiger partial charge in [-0.05, 0) is 33.9 Å². The molecule has 0 heterocycles. The van der Waals surface area contributed by atoms with Gasteiger partial charge in [0.1, 0.15) is 6.29 Å². The van der Waals surface area contributed by atoms with E-state index in [0.29, 0.717) is 6.29 Å². The molecule has 16 heavy (non-hydrogen) atoms. The summed E-state index contributed by atoms with van der Waals surface area (Å²) in [6.07, 6.45) is -0.115. The monoisotopic (exact) mass is 253 g/mol. The Kier molecular flexibility index (Phi) is 5.54.